The molecule has 0 fully saturated rings. The van der Waals surface area contributed by atoms with Crippen molar-refractivity contribution in [2.45, 2.75) is 45.5 Å². The third-order valence-corrected chi connectivity index (χ3v) is 4.25. The summed E-state index contributed by atoms with van der Waals surface area (Å²) in [6.45, 7) is 6.69. The molecule has 3 rings (SSSR count). The quantitative estimate of drug-likeness (QED) is 0.748. The molecule has 0 saturated carbocycles. The minimum absolute atomic E-state index is 0.104. The molecule has 1 aromatic heterocycles. The van der Waals surface area contributed by atoms with E-state index in [1.165, 1.54) is 12.1 Å². The number of alkyl halides is 3. The van der Waals surface area contributed by atoms with Gasteiger partial charge in [-0.2, -0.15) is 13.2 Å². The maximum atomic E-state index is 13.0. The predicted molar refractivity (Wildman–Crippen MR) is 101 cm³/mol. The highest BCUT2D eigenvalue weighted by molar-refractivity contribution is 5.73. The van der Waals surface area contributed by atoms with Crippen molar-refractivity contribution in [2.24, 2.45) is 0 Å². The normalized spacial score (nSPS) is 14.4. The van der Waals surface area contributed by atoms with Gasteiger partial charge in [-0.1, -0.05) is 12.1 Å². The van der Waals surface area contributed by atoms with E-state index in [0.29, 0.717) is 5.88 Å². The standard InChI is InChI=1S/C18H22FN3O.C2HF3O2/c1-13(2)23-18-16-7-9-22(10-8-17(16)20-12-21-18)11-14-3-5-15(19)6-4-14;3-2(4,5)1(6)7/h3-6,12-13H,7-11H2,1-2H3;(H,6,7). The van der Waals surface area contributed by atoms with Gasteiger partial charge in [0, 0.05) is 31.6 Å². The van der Waals surface area contributed by atoms with E-state index >= 15 is 0 Å². The number of aliphatic carboxylic acids is 1. The number of ether oxygens (including phenoxy) is 1. The van der Waals surface area contributed by atoms with Gasteiger partial charge in [0.1, 0.15) is 12.1 Å². The molecule has 2 aromatic rings. The first kappa shape index (κ1) is 23.5. The fourth-order valence-corrected chi connectivity index (χ4v) is 2.87. The Morgan fingerprint density at radius 1 is 1.17 bits per heavy atom. The van der Waals surface area contributed by atoms with Gasteiger partial charge in [0.25, 0.3) is 0 Å². The van der Waals surface area contributed by atoms with Gasteiger partial charge >= 0.3 is 12.1 Å². The lowest BCUT2D eigenvalue weighted by atomic mass is 10.1. The van der Waals surface area contributed by atoms with E-state index < -0.39 is 12.1 Å². The zero-order valence-electron chi connectivity index (χ0n) is 16.6. The van der Waals surface area contributed by atoms with E-state index in [-0.39, 0.29) is 11.9 Å². The van der Waals surface area contributed by atoms with Gasteiger partial charge in [-0.25, -0.2) is 19.2 Å². The first-order valence-corrected chi connectivity index (χ1v) is 9.32. The van der Waals surface area contributed by atoms with Crippen LogP contribution >= 0.6 is 0 Å². The highest BCUT2D eigenvalue weighted by Crippen LogP contribution is 2.23. The van der Waals surface area contributed by atoms with Gasteiger partial charge in [-0.3, -0.25) is 4.90 Å². The van der Waals surface area contributed by atoms with E-state index in [1.807, 2.05) is 26.0 Å². The monoisotopic (exact) mass is 429 g/mol. The molecule has 0 unspecified atom stereocenters. The van der Waals surface area contributed by atoms with E-state index in [2.05, 4.69) is 14.9 Å². The smallest absolute Gasteiger partial charge is 0.475 e. The van der Waals surface area contributed by atoms with Gasteiger partial charge in [0.15, 0.2) is 0 Å². The number of hydrogen-bond acceptors (Lipinski definition) is 5. The van der Waals surface area contributed by atoms with Crippen molar-refractivity contribution in [1.82, 2.24) is 14.9 Å². The molecule has 1 aliphatic heterocycles. The van der Waals surface area contributed by atoms with Gasteiger partial charge in [-0.15, -0.1) is 0 Å². The Labute approximate surface area is 171 Å². The molecule has 1 aliphatic rings. The molecule has 0 spiro atoms. The topological polar surface area (TPSA) is 75.6 Å². The Morgan fingerprint density at radius 2 is 1.77 bits per heavy atom. The number of carbonyl (C=O) groups is 1. The summed E-state index contributed by atoms with van der Waals surface area (Å²) in [4.78, 5) is 20.0. The van der Waals surface area contributed by atoms with Crippen LogP contribution in [0.5, 0.6) is 5.88 Å². The van der Waals surface area contributed by atoms with Crippen LogP contribution in [0.15, 0.2) is 30.6 Å². The average molecular weight is 429 g/mol. The third kappa shape index (κ3) is 7.25. The van der Waals surface area contributed by atoms with Crippen molar-refractivity contribution >= 4 is 5.97 Å². The Morgan fingerprint density at radius 3 is 2.33 bits per heavy atom. The summed E-state index contributed by atoms with van der Waals surface area (Å²) < 4.78 is 50.6. The minimum Gasteiger partial charge on any atom is -0.475 e. The molecule has 0 atom stereocenters. The van der Waals surface area contributed by atoms with E-state index in [0.717, 1.165) is 49.3 Å². The molecule has 0 saturated heterocycles. The molecule has 10 heteroatoms. The van der Waals surface area contributed by atoms with Gasteiger partial charge in [0.05, 0.1) is 11.8 Å². The number of fused-ring (bicyclic) bond motifs is 1. The summed E-state index contributed by atoms with van der Waals surface area (Å²) in [5.74, 6) is -2.23. The predicted octanol–water partition coefficient (Wildman–Crippen LogP) is 3.64. The molecular formula is C20H23F4N3O3. The largest absolute Gasteiger partial charge is 0.490 e. The molecule has 0 amide bonds. The lowest BCUT2D eigenvalue weighted by molar-refractivity contribution is -0.192. The summed E-state index contributed by atoms with van der Waals surface area (Å²) >= 11 is 0. The van der Waals surface area contributed by atoms with Gasteiger partial charge < -0.3 is 9.84 Å². The Bertz CT molecular complexity index is 842. The summed E-state index contributed by atoms with van der Waals surface area (Å²) in [5, 5.41) is 7.12. The number of aromatic nitrogens is 2. The van der Waals surface area contributed by atoms with Crippen LogP contribution in [0.4, 0.5) is 17.6 Å². The molecule has 164 valence electrons. The number of nitrogens with zero attached hydrogens (tertiary/aromatic N) is 3. The highest BCUT2D eigenvalue weighted by Gasteiger charge is 2.38. The van der Waals surface area contributed by atoms with Crippen molar-refractivity contribution in [3.8, 4) is 5.88 Å². The highest BCUT2D eigenvalue weighted by atomic mass is 19.4. The van der Waals surface area contributed by atoms with Crippen LogP contribution in [0.25, 0.3) is 0 Å². The molecule has 1 N–H and O–H groups in total. The summed E-state index contributed by atoms with van der Waals surface area (Å²) in [6.07, 6.45) is -1.63. The second kappa shape index (κ2) is 10.3. The number of benzene rings is 1. The molecule has 30 heavy (non-hydrogen) atoms. The van der Waals surface area contributed by atoms with Crippen molar-refractivity contribution in [2.75, 3.05) is 13.1 Å². The van der Waals surface area contributed by atoms with Crippen molar-refractivity contribution in [3.63, 3.8) is 0 Å². The summed E-state index contributed by atoms with van der Waals surface area (Å²) in [7, 11) is 0. The lowest BCUT2D eigenvalue weighted by Crippen LogP contribution is -2.26. The molecule has 1 aromatic carbocycles. The summed E-state index contributed by atoms with van der Waals surface area (Å²) in [6, 6.07) is 6.73. The van der Waals surface area contributed by atoms with E-state index in [4.69, 9.17) is 14.6 Å². The fourth-order valence-electron chi connectivity index (χ4n) is 2.87. The molecule has 2 heterocycles. The van der Waals surface area contributed by atoms with E-state index in [1.54, 1.807) is 6.33 Å². The second-order valence-electron chi connectivity index (χ2n) is 6.98. The van der Waals surface area contributed by atoms with Crippen LogP contribution in [-0.2, 0) is 24.2 Å². The Hall–Kier alpha value is -2.75. The van der Waals surface area contributed by atoms with Crippen molar-refractivity contribution in [1.29, 1.82) is 0 Å². The number of carboxylic acids is 1. The zero-order valence-corrected chi connectivity index (χ0v) is 16.6. The van der Waals surface area contributed by atoms with Crippen LogP contribution < -0.4 is 4.74 Å². The second-order valence-corrected chi connectivity index (χ2v) is 6.98. The lowest BCUT2D eigenvalue weighted by Gasteiger charge is -2.19. The first-order valence-electron chi connectivity index (χ1n) is 9.32. The van der Waals surface area contributed by atoms with Crippen molar-refractivity contribution in [3.05, 3.63) is 53.2 Å². The molecule has 0 aliphatic carbocycles. The summed E-state index contributed by atoms with van der Waals surface area (Å²) in [5.41, 5.74) is 3.34. The van der Waals surface area contributed by atoms with Crippen LogP contribution in [0, 0.1) is 5.82 Å². The average Bonchev–Trinajstić information content (AvgIpc) is 2.86. The minimum atomic E-state index is -5.08. The van der Waals surface area contributed by atoms with Crippen molar-refractivity contribution < 1.29 is 32.2 Å². The number of carboxylic acid groups (broad SMARTS) is 1. The molecule has 0 bridgehead atoms. The molecule has 6 nitrogen and oxygen atoms in total. The SMILES string of the molecule is CC(C)Oc1ncnc2c1CCN(Cc1ccc(F)cc1)CC2.O=C(O)C(F)(F)F. The van der Waals surface area contributed by atoms with Gasteiger partial charge in [0.2, 0.25) is 5.88 Å². The first-order chi connectivity index (χ1) is 14.1. The van der Waals surface area contributed by atoms with Crippen LogP contribution in [0.1, 0.15) is 30.7 Å². The zero-order chi connectivity index (χ0) is 22.3. The Balaban J connectivity index is 0.000000396. The van der Waals surface area contributed by atoms with Crippen LogP contribution in [-0.4, -0.2) is 51.3 Å². The molecular weight excluding hydrogens is 406 g/mol. The maximum absolute atomic E-state index is 13.0. The third-order valence-electron chi connectivity index (χ3n) is 4.25. The Kier molecular flexibility index (Phi) is 8.10. The van der Waals surface area contributed by atoms with Crippen LogP contribution in [0.3, 0.4) is 0 Å². The van der Waals surface area contributed by atoms with E-state index in [9.17, 15) is 17.6 Å². The van der Waals surface area contributed by atoms with Gasteiger partial charge in [-0.05, 0) is 38.0 Å². The molecule has 0 radical (unpaired) electrons. The maximum Gasteiger partial charge on any atom is 0.490 e. The number of rotatable bonds is 4. The fraction of sp³-hybridized carbons (Fsp3) is 0.450. The number of halogens is 4. The van der Waals surface area contributed by atoms with Crippen LogP contribution in [0.2, 0.25) is 0 Å². The number of hydrogen-bond donors (Lipinski definition) is 1.